The van der Waals surface area contributed by atoms with E-state index < -0.39 is 0 Å². The van der Waals surface area contributed by atoms with Crippen LogP contribution < -0.4 is 0 Å². The van der Waals surface area contributed by atoms with E-state index in [2.05, 4.69) is 12.6 Å². The Labute approximate surface area is 85.8 Å². The van der Waals surface area contributed by atoms with Crippen LogP contribution >= 0.6 is 12.6 Å². The molecule has 0 saturated carbocycles. The van der Waals surface area contributed by atoms with E-state index in [9.17, 15) is 4.79 Å². The van der Waals surface area contributed by atoms with Gasteiger partial charge in [0, 0.05) is 13.6 Å². The number of likely N-dealkylation sites (N-methyl/N-ethyl adjacent to an activating group) is 1. The van der Waals surface area contributed by atoms with Gasteiger partial charge in [-0.2, -0.15) is 12.6 Å². The fraction of sp³-hybridized carbons (Fsp3) is 0.889. The van der Waals surface area contributed by atoms with Crippen molar-refractivity contribution in [1.82, 2.24) is 4.90 Å². The molecule has 4 heteroatoms. The van der Waals surface area contributed by atoms with E-state index in [1.165, 1.54) is 0 Å². The van der Waals surface area contributed by atoms with Crippen molar-refractivity contribution in [3.05, 3.63) is 0 Å². The largest absolute Gasteiger partial charge is 0.377 e. The van der Waals surface area contributed by atoms with Crippen LogP contribution in [0.2, 0.25) is 0 Å². The first-order valence-electron chi connectivity index (χ1n) is 4.49. The molecule has 78 valence electrons. The van der Waals surface area contributed by atoms with Crippen LogP contribution in [0, 0.1) is 0 Å². The number of nitrogens with zero attached hydrogens (tertiary/aromatic N) is 1. The van der Waals surface area contributed by atoms with Crippen LogP contribution in [0.15, 0.2) is 0 Å². The number of hydrogen-bond acceptors (Lipinski definition) is 3. The second-order valence-corrected chi connectivity index (χ2v) is 4.13. The van der Waals surface area contributed by atoms with Gasteiger partial charge in [-0.05, 0) is 20.8 Å². The SMILES string of the molecule is CC(C)OCCN(C)C(=O)C(C)S. The zero-order valence-electron chi connectivity index (χ0n) is 8.78. The van der Waals surface area contributed by atoms with Crippen molar-refractivity contribution in [3.8, 4) is 0 Å². The Kier molecular flexibility index (Phi) is 6.16. The van der Waals surface area contributed by atoms with Crippen LogP contribution in [0.4, 0.5) is 0 Å². The maximum Gasteiger partial charge on any atom is 0.234 e. The summed E-state index contributed by atoms with van der Waals surface area (Å²) in [6.07, 6.45) is 0.219. The molecule has 0 radical (unpaired) electrons. The normalized spacial score (nSPS) is 13.1. The molecule has 0 fully saturated rings. The molecular weight excluding hydrogens is 186 g/mol. The minimum Gasteiger partial charge on any atom is -0.377 e. The van der Waals surface area contributed by atoms with E-state index in [0.29, 0.717) is 13.2 Å². The minimum absolute atomic E-state index is 0.0377. The van der Waals surface area contributed by atoms with Crippen molar-refractivity contribution in [3.63, 3.8) is 0 Å². The molecule has 0 aliphatic rings. The van der Waals surface area contributed by atoms with Gasteiger partial charge in [0.25, 0.3) is 0 Å². The minimum atomic E-state index is -0.232. The van der Waals surface area contributed by atoms with E-state index in [4.69, 9.17) is 4.74 Å². The maximum atomic E-state index is 11.3. The summed E-state index contributed by atoms with van der Waals surface area (Å²) >= 11 is 4.06. The van der Waals surface area contributed by atoms with Gasteiger partial charge in [0.15, 0.2) is 0 Å². The molecule has 0 spiro atoms. The summed E-state index contributed by atoms with van der Waals surface area (Å²) in [5.41, 5.74) is 0. The summed E-state index contributed by atoms with van der Waals surface area (Å²) in [6, 6.07) is 0. The highest BCUT2D eigenvalue weighted by Crippen LogP contribution is 1.98. The highest BCUT2D eigenvalue weighted by Gasteiger charge is 2.12. The number of carbonyl (C=O) groups excluding carboxylic acids is 1. The van der Waals surface area contributed by atoms with E-state index in [1.54, 1.807) is 18.9 Å². The van der Waals surface area contributed by atoms with Crippen molar-refractivity contribution in [2.75, 3.05) is 20.2 Å². The quantitative estimate of drug-likeness (QED) is 0.683. The van der Waals surface area contributed by atoms with Crippen LogP contribution in [0.5, 0.6) is 0 Å². The van der Waals surface area contributed by atoms with Gasteiger partial charge in [0.05, 0.1) is 18.0 Å². The number of thiol groups is 1. The Morgan fingerprint density at radius 3 is 2.38 bits per heavy atom. The lowest BCUT2D eigenvalue weighted by atomic mass is 10.4. The van der Waals surface area contributed by atoms with Crippen LogP contribution in [0.1, 0.15) is 20.8 Å². The Hall–Kier alpha value is -0.220. The molecule has 0 aliphatic carbocycles. The number of amides is 1. The highest BCUT2D eigenvalue weighted by molar-refractivity contribution is 7.81. The third-order valence-electron chi connectivity index (χ3n) is 1.61. The number of carbonyl (C=O) groups is 1. The molecule has 13 heavy (non-hydrogen) atoms. The zero-order chi connectivity index (χ0) is 10.4. The van der Waals surface area contributed by atoms with E-state index in [-0.39, 0.29) is 17.3 Å². The van der Waals surface area contributed by atoms with E-state index >= 15 is 0 Å². The first-order chi connectivity index (χ1) is 5.95. The van der Waals surface area contributed by atoms with Gasteiger partial charge in [-0.15, -0.1) is 0 Å². The van der Waals surface area contributed by atoms with Crippen LogP contribution in [0.25, 0.3) is 0 Å². The first-order valence-corrected chi connectivity index (χ1v) is 5.01. The lowest BCUT2D eigenvalue weighted by Crippen LogP contribution is -2.35. The van der Waals surface area contributed by atoms with E-state index in [1.807, 2.05) is 13.8 Å². The Bertz CT molecular complexity index is 160. The Morgan fingerprint density at radius 2 is 2.00 bits per heavy atom. The van der Waals surface area contributed by atoms with Gasteiger partial charge >= 0.3 is 0 Å². The smallest absolute Gasteiger partial charge is 0.234 e. The monoisotopic (exact) mass is 205 g/mol. The third-order valence-corrected chi connectivity index (χ3v) is 1.83. The van der Waals surface area contributed by atoms with Crippen LogP contribution in [-0.2, 0) is 9.53 Å². The number of rotatable bonds is 5. The molecule has 0 aliphatic heterocycles. The summed E-state index contributed by atoms with van der Waals surface area (Å²) in [5, 5.41) is -0.232. The summed E-state index contributed by atoms with van der Waals surface area (Å²) in [6.45, 7) is 6.93. The standard InChI is InChI=1S/C9H19NO2S/c1-7(2)12-6-5-10(4)9(11)8(3)13/h7-8,13H,5-6H2,1-4H3. The Balaban J connectivity index is 3.62. The van der Waals surface area contributed by atoms with Gasteiger partial charge in [-0.1, -0.05) is 0 Å². The molecule has 0 saturated heterocycles. The molecule has 0 N–H and O–H groups in total. The molecule has 0 aromatic rings. The fourth-order valence-corrected chi connectivity index (χ4v) is 1.05. The molecule has 0 aromatic heterocycles. The predicted molar refractivity (Wildman–Crippen MR) is 57.2 cm³/mol. The van der Waals surface area contributed by atoms with Crippen molar-refractivity contribution in [2.24, 2.45) is 0 Å². The second-order valence-electron chi connectivity index (χ2n) is 3.36. The lowest BCUT2D eigenvalue weighted by molar-refractivity contribution is -0.129. The maximum absolute atomic E-state index is 11.3. The van der Waals surface area contributed by atoms with Crippen LogP contribution in [-0.4, -0.2) is 42.4 Å². The van der Waals surface area contributed by atoms with Crippen molar-refractivity contribution < 1.29 is 9.53 Å². The Morgan fingerprint density at radius 1 is 1.46 bits per heavy atom. The topological polar surface area (TPSA) is 29.5 Å². The average molecular weight is 205 g/mol. The molecule has 0 aromatic carbocycles. The lowest BCUT2D eigenvalue weighted by Gasteiger charge is -2.19. The molecule has 0 rings (SSSR count). The summed E-state index contributed by atoms with van der Waals surface area (Å²) in [4.78, 5) is 13.0. The first kappa shape index (κ1) is 12.8. The van der Waals surface area contributed by atoms with Gasteiger partial charge in [-0.3, -0.25) is 4.79 Å². The second kappa shape index (κ2) is 6.27. The van der Waals surface area contributed by atoms with Gasteiger partial charge in [0.1, 0.15) is 0 Å². The van der Waals surface area contributed by atoms with Crippen molar-refractivity contribution >= 4 is 18.5 Å². The van der Waals surface area contributed by atoms with E-state index in [0.717, 1.165) is 0 Å². The molecule has 1 unspecified atom stereocenters. The number of hydrogen-bond donors (Lipinski definition) is 1. The molecule has 0 bridgehead atoms. The van der Waals surface area contributed by atoms with Gasteiger partial charge < -0.3 is 9.64 Å². The predicted octanol–water partition coefficient (Wildman–Crippen LogP) is 1.19. The molecule has 1 atom stereocenters. The number of ether oxygens (including phenoxy) is 1. The summed E-state index contributed by atoms with van der Waals surface area (Å²) in [5.74, 6) is 0.0377. The highest BCUT2D eigenvalue weighted by atomic mass is 32.1. The van der Waals surface area contributed by atoms with Crippen molar-refractivity contribution in [1.29, 1.82) is 0 Å². The van der Waals surface area contributed by atoms with Crippen LogP contribution in [0.3, 0.4) is 0 Å². The molecule has 1 amide bonds. The molecule has 0 heterocycles. The van der Waals surface area contributed by atoms with Gasteiger partial charge in [-0.25, -0.2) is 0 Å². The molecular formula is C9H19NO2S. The van der Waals surface area contributed by atoms with Gasteiger partial charge in [0.2, 0.25) is 5.91 Å². The molecule has 3 nitrogen and oxygen atoms in total. The summed E-state index contributed by atoms with van der Waals surface area (Å²) in [7, 11) is 1.76. The summed E-state index contributed by atoms with van der Waals surface area (Å²) < 4.78 is 5.32. The zero-order valence-corrected chi connectivity index (χ0v) is 9.67. The third kappa shape index (κ3) is 5.93. The van der Waals surface area contributed by atoms with Crippen molar-refractivity contribution in [2.45, 2.75) is 32.1 Å². The average Bonchev–Trinajstić information content (AvgIpc) is 2.02. The fourth-order valence-electron chi connectivity index (χ4n) is 0.854.